The molecule has 0 amide bonds. The number of nitrogens with two attached hydrogens (primary N) is 1. The summed E-state index contributed by atoms with van der Waals surface area (Å²) in [6.45, 7) is 0. The second kappa shape index (κ2) is 5.44. The average molecular weight is 372 g/mol. The van der Waals surface area contributed by atoms with Crippen LogP contribution in [0.15, 0.2) is 40.2 Å². The monoisotopic (exact) mass is 371 g/mol. The summed E-state index contributed by atoms with van der Waals surface area (Å²) in [6, 6.07) is 5.84. The lowest BCUT2D eigenvalue weighted by molar-refractivity contribution is 0.515. The van der Waals surface area contributed by atoms with Crippen LogP contribution in [-0.4, -0.2) is 0 Å². The fourth-order valence-electron chi connectivity index (χ4n) is 2.29. The van der Waals surface area contributed by atoms with E-state index in [0.717, 1.165) is 14.6 Å². The lowest BCUT2D eigenvalue weighted by atomic mass is 9.98. The molecule has 0 fully saturated rings. The summed E-state index contributed by atoms with van der Waals surface area (Å²) in [7, 11) is 0. The van der Waals surface area contributed by atoms with Crippen LogP contribution in [0.2, 0.25) is 0 Å². The zero-order valence-electron chi connectivity index (χ0n) is 10.5. The van der Waals surface area contributed by atoms with Crippen LogP contribution in [0.3, 0.4) is 0 Å². The first-order chi connectivity index (χ1) is 9.99. The Morgan fingerprint density at radius 2 is 1.76 bits per heavy atom. The Kier molecular flexibility index (Phi) is 3.77. The van der Waals surface area contributed by atoms with Crippen molar-refractivity contribution in [1.29, 1.82) is 0 Å². The van der Waals surface area contributed by atoms with Crippen LogP contribution in [0.25, 0.3) is 10.1 Å². The normalized spacial score (nSPS) is 12.8. The quantitative estimate of drug-likeness (QED) is 0.663. The maximum absolute atomic E-state index is 13.9. The first-order valence-corrected chi connectivity index (χ1v) is 7.72. The third-order valence-corrected chi connectivity index (χ3v) is 5.24. The molecule has 0 spiro atoms. The molecule has 1 nitrogen and oxygen atoms in total. The van der Waals surface area contributed by atoms with E-state index in [1.807, 2.05) is 18.2 Å². The molecular formula is C15H9BrF3NS. The van der Waals surface area contributed by atoms with Gasteiger partial charge in [-0.1, -0.05) is 12.1 Å². The van der Waals surface area contributed by atoms with E-state index in [2.05, 4.69) is 15.9 Å². The summed E-state index contributed by atoms with van der Waals surface area (Å²) in [4.78, 5) is 0. The highest BCUT2D eigenvalue weighted by molar-refractivity contribution is 9.10. The predicted molar refractivity (Wildman–Crippen MR) is 81.9 cm³/mol. The molecule has 0 aliphatic carbocycles. The minimum Gasteiger partial charge on any atom is -0.320 e. The van der Waals surface area contributed by atoms with Gasteiger partial charge in [0.1, 0.15) is 17.5 Å². The van der Waals surface area contributed by atoms with Gasteiger partial charge in [-0.05, 0) is 38.3 Å². The first-order valence-electron chi connectivity index (χ1n) is 6.04. The smallest absolute Gasteiger partial charge is 0.134 e. The van der Waals surface area contributed by atoms with Gasteiger partial charge in [0.25, 0.3) is 0 Å². The minimum absolute atomic E-state index is 0.323. The topological polar surface area (TPSA) is 26.0 Å². The maximum Gasteiger partial charge on any atom is 0.134 e. The van der Waals surface area contributed by atoms with Crippen LogP contribution in [0.4, 0.5) is 13.2 Å². The number of fused-ring (bicyclic) bond motifs is 1. The van der Waals surface area contributed by atoms with E-state index in [1.54, 1.807) is 5.38 Å². The Morgan fingerprint density at radius 1 is 1.10 bits per heavy atom. The molecule has 0 radical (unpaired) electrons. The molecule has 2 aromatic carbocycles. The van der Waals surface area contributed by atoms with Crippen LogP contribution in [0.5, 0.6) is 0 Å². The molecule has 21 heavy (non-hydrogen) atoms. The molecule has 0 saturated carbocycles. The van der Waals surface area contributed by atoms with Crippen molar-refractivity contribution in [2.24, 2.45) is 5.73 Å². The van der Waals surface area contributed by atoms with E-state index in [9.17, 15) is 13.2 Å². The van der Waals surface area contributed by atoms with Crippen molar-refractivity contribution in [2.45, 2.75) is 6.04 Å². The van der Waals surface area contributed by atoms with Crippen molar-refractivity contribution in [3.05, 3.63) is 68.8 Å². The fraction of sp³-hybridized carbons (Fsp3) is 0.0667. The van der Waals surface area contributed by atoms with Crippen molar-refractivity contribution < 1.29 is 13.2 Å². The van der Waals surface area contributed by atoms with E-state index in [4.69, 9.17) is 5.73 Å². The van der Waals surface area contributed by atoms with Gasteiger partial charge >= 0.3 is 0 Å². The summed E-state index contributed by atoms with van der Waals surface area (Å²) in [5.41, 5.74) is 6.31. The largest absolute Gasteiger partial charge is 0.320 e. The second-order valence-corrected chi connectivity index (χ2v) is 6.30. The number of hydrogen-bond acceptors (Lipinski definition) is 2. The van der Waals surface area contributed by atoms with Gasteiger partial charge in [0.2, 0.25) is 0 Å². The molecule has 0 aliphatic heterocycles. The van der Waals surface area contributed by atoms with Gasteiger partial charge in [0, 0.05) is 26.9 Å². The Balaban J connectivity index is 2.18. The fourth-order valence-corrected chi connectivity index (χ4v) is 3.95. The molecule has 108 valence electrons. The lowest BCUT2D eigenvalue weighted by Gasteiger charge is -2.14. The van der Waals surface area contributed by atoms with Gasteiger partial charge in [-0.3, -0.25) is 0 Å². The minimum atomic E-state index is -0.992. The molecule has 3 aromatic rings. The van der Waals surface area contributed by atoms with E-state index in [0.29, 0.717) is 17.7 Å². The number of hydrogen-bond donors (Lipinski definition) is 1. The first kappa shape index (κ1) is 14.6. The summed E-state index contributed by atoms with van der Waals surface area (Å²) in [5.74, 6) is -2.91. The molecule has 0 saturated heterocycles. The zero-order chi connectivity index (χ0) is 15.1. The molecular weight excluding hydrogens is 363 g/mol. The highest BCUT2D eigenvalue weighted by atomic mass is 79.9. The van der Waals surface area contributed by atoms with E-state index in [1.165, 1.54) is 11.3 Å². The van der Waals surface area contributed by atoms with E-state index < -0.39 is 23.5 Å². The van der Waals surface area contributed by atoms with Crippen molar-refractivity contribution in [2.75, 3.05) is 0 Å². The van der Waals surface area contributed by atoms with Crippen LogP contribution >= 0.6 is 27.3 Å². The highest BCUT2D eigenvalue weighted by Crippen LogP contribution is 2.37. The maximum atomic E-state index is 13.9. The number of benzene rings is 2. The Hall–Kier alpha value is -1.37. The molecule has 1 heterocycles. The van der Waals surface area contributed by atoms with Crippen LogP contribution in [0, 0.1) is 17.5 Å². The Morgan fingerprint density at radius 3 is 2.43 bits per heavy atom. The van der Waals surface area contributed by atoms with E-state index in [-0.39, 0.29) is 5.56 Å². The van der Waals surface area contributed by atoms with Gasteiger partial charge in [-0.2, -0.15) is 0 Å². The number of thiophene rings is 1. The van der Waals surface area contributed by atoms with Crippen LogP contribution < -0.4 is 5.73 Å². The summed E-state index contributed by atoms with van der Waals surface area (Å²) in [6.07, 6.45) is 0. The SMILES string of the molecule is NC(c1c(F)cc(F)cc1F)c1csc2c(Br)cccc12. The van der Waals surface area contributed by atoms with Crippen molar-refractivity contribution in [1.82, 2.24) is 0 Å². The lowest BCUT2D eigenvalue weighted by Crippen LogP contribution is -2.15. The molecule has 1 unspecified atom stereocenters. The predicted octanol–water partition coefficient (Wildman–Crippen LogP) is 5.13. The zero-order valence-corrected chi connectivity index (χ0v) is 12.9. The molecule has 6 heteroatoms. The third kappa shape index (κ3) is 2.47. The third-order valence-electron chi connectivity index (χ3n) is 3.27. The Labute approximate surface area is 131 Å². The molecule has 1 atom stereocenters. The molecule has 1 aromatic heterocycles. The summed E-state index contributed by atoms with van der Waals surface area (Å²) < 4.78 is 42.6. The highest BCUT2D eigenvalue weighted by Gasteiger charge is 2.22. The standard InChI is InChI=1S/C15H9BrF3NS/c16-10-3-1-2-8-9(6-21-15(8)10)14(20)13-11(18)4-7(17)5-12(13)19/h1-6,14H,20H2. The van der Waals surface area contributed by atoms with Gasteiger partial charge in [-0.15, -0.1) is 11.3 Å². The molecule has 2 N–H and O–H groups in total. The number of rotatable bonds is 2. The van der Waals surface area contributed by atoms with Crippen LogP contribution in [-0.2, 0) is 0 Å². The van der Waals surface area contributed by atoms with Gasteiger partial charge < -0.3 is 5.73 Å². The van der Waals surface area contributed by atoms with Gasteiger partial charge in [-0.25, -0.2) is 13.2 Å². The molecule has 0 bridgehead atoms. The van der Waals surface area contributed by atoms with Crippen LogP contribution in [0.1, 0.15) is 17.2 Å². The summed E-state index contributed by atoms with van der Waals surface area (Å²) >= 11 is 4.86. The average Bonchev–Trinajstić information content (AvgIpc) is 2.82. The number of halogens is 4. The van der Waals surface area contributed by atoms with Crippen molar-refractivity contribution in [3.63, 3.8) is 0 Å². The summed E-state index contributed by atoms with van der Waals surface area (Å²) in [5, 5.41) is 2.59. The van der Waals surface area contributed by atoms with Gasteiger partial charge in [0.05, 0.1) is 6.04 Å². The molecule has 3 rings (SSSR count). The van der Waals surface area contributed by atoms with Crippen molar-refractivity contribution >= 4 is 37.4 Å². The van der Waals surface area contributed by atoms with Crippen molar-refractivity contribution in [3.8, 4) is 0 Å². The second-order valence-electron chi connectivity index (χ2n) is 4.57. The Bertz CT molecular complexity index is 808. The van der Waals surface area contributed by atoms with Gasteiger partial charge in [0.15, 0.2) is 0 Å². The molecule has 0 aliphatic rings. The van der Waals surface area contributed by atoms with E-state index >= 15 is 0 Å².